The Morgan fingerprint density at radius 3 is 2.43 bits per heavy atom. The third-order valence-electron chi connectivity index (χ3n) is 0.375. The Hall–Kier alpha value is 1.84. The molecule has 0 aromatic heterocycles. The van der Waals surface area contributed by atoms with Gasteiger partial charge >= 0.3 is 57.4 Å². The first kappa shape index (κ1) is 11.6. The van der Waals surface area contributed by atoms with Crippen LogP contribution < -0.4 is 51.4 Å². The van der Waals surface area contributed by atoms with Crippen LogP contribution in [0.25, 0.3) is 0 Å². The van der Waals surface area contributed by atoms with Gasteiger partial charge in [0.1, 0.15) is 0 Å². The zero-order chi connectivity index (χ0) is 4.99. The van der Waals surface area contributed by atoms with E-state index in [-0.39, 0.29) is 58.8 Å². The van der Waals surface area contributed by atoms with E-state index >= 15 is 0 Å². The number of carbonyl (C=O) groups is 1. The molecule has 0 fully saturated rings. The van der Waals surface area contributed by atoms with Gasteiger partial charge < -0.3 is 4.49 Å². The fourth-order valence-electron chi connectivity index (χ4n) is 0.0546. The van der Waals surface area contributed by atoms with Gasteiger partial charge in [0.05, 0.1) is 0 Å². The molecule has 0 amide bonds. The van der Waals surface area contributed by atoms with E-state index < -0.39 is 0 Å². The van der Waals surface area contributed by atoms with Crippen LogP contribution in [0.4, 0.5) is 0 Å². The number of carbonyl (C=O) groups excluding carboxylic acids is 1. The Labute approximate surface area is 101 Å². The zero-order valence-corrected chi connectivity index (χ0v) is 9.68. The maximum absolute atomic E-state index is 9.95. The number of halogens is 1. The molecule has 2 nitrogen and oxygen atoms in total. The first-order valence-electron chi connectivity index (χ1n) is 1.62. The van der Waals surface area contributed by atoms with Gasteiger partial charge in [-0.3, -0.25) is 4.79 Å². The molecule has 4 heteroatoms. The molecule has 0 spiro atoms. The van der Waals surface area contributed by atoms with Gasteiger partial charge in [-0.2, -0.15) is 0 Å². The summed E-state index contributed by atoms with van der Waals surface area (Å²) in [5.41, 5.74) is 0. The topological polar surface area (TPSA) is 26.3 Å². The summed E-state index contributed by atoms with van der Waals surface area (Å²) in [5.74, 6) is -0.171. The van der Waals surface area contributed by atoms with Crippen LogP contribution in [0.15, 0.2) is 0 Å². The summed E-state index contributed by atoms with van der Waals surface area (Å²) in [6, 6.07) is 0. The Balaban J connectivity index is -0.000000125. The van der Waals surface area contributed by atoms with Crippen LogP contribution in [0.2, 0.25) is 0 Å². The molecule has 0 aliphatic carbocycles. The second kappa shape index (κ2) is 7.84. The van der Waals surface area contributed by atoms with Gasteiger partial charge in [-0.1, -0.05) is 6.92 Å². The Morgan fingerprint density at radius 1 is 2.00 bits per heavy atom. The van der Waals surface area contributed by atoms with E-state index in [9.17, 15) is 4.79 Å². The quantitative estimate of drug-likeness (QED) is 0.408. The van der Waals surface area contributed by atoms with Crippen LogP contribution in [0.5, 0.6) is 0 Å². The van der Waals surface area contributed by atoms with Crippen LogP contribution in [0.3, 0.4) is 0 Å². The van der Waals surface area contributed by atoms with Gasteiger partial charge in [0.2, 0.25) is 0 Å². The molecule has 38 valence electrons. The molecular weight excluding hydrogens is 234 g/mol. The maximum Gasteiger partial charge on any atom is 1.00 e. The van der Waals surface area contributed by atoms with Gasteiger partial charge in [0.25, 0.3) is 0 Å². The largest absolute Gasteiger partial charge is 1.00 e. The average Bonchev–Trinajstić information content (AvgIpc) is 1.65. The van der Waals surface area contributed by atoms with Gasteiger partial charge in [-0.15, -0.1) is 0 Å². The molecule has 0 aromatic carbocycles. The number of hydrogen-bond donors (Lipinski definition) is 0. The molecule has 0 N–H and O–H groups in total. The van der Waals surface area contributed by atoms with Crippen LogP contribution >= 0.6 is 23.0 Å². The van der Waals surface area contributed by atoms with Crippen molar-refractivity contribution in [3.05, 3.63) is 0 Å². The van der Waals surface area contributed by atoms with Gasteiger partial charge in [-0.05, 0) is 0 Å². The number of hydrogen-bond acceptors (Lipinski definition) is 2. The molecule has 0 aromatic rings. The van der Waals surface area contributed by atoms with Crippen molar-refractivity contribution in [2.75, 3.05) is 0 Å². The molecule has 0 atom stereocenters. The van der Waals surface area contributed by atoms with Crippen molar-refractivity contribution in [2.24, 2.45) is 0 Å². The molecule has 0 aliphatic rings. The third-order valence-corrected chi connectivity index (χ3v) is 0.866. The van der Waals surface area contributed by atoms with Gasteiger partial charge in [-0.25, -0.2) is 0 Å². The molecule has 0 unspecified atom stereocenters. The zero-order valence-electron chi connectivity index (χ0n) is 5.40. The van der Waals surface area contributed by atoms with Crippen LogP contribution in [-0.2, 0) is 7.86 Å². The summed E-state index contributed by atoms with van der Waals surface area (Å²) < 4.78 is 4.23. The summed E-state index contributed by atoms with van der Waals surface area (Å²) in [5, 5.41) is 0. The molecule has 0 heterocycles. The van der Waals surface area contributed by atoms with E-state index in [1.807, 2.05) is 0 Å². The van der Waals surface area contributed by atoms with E-state index in [0.29, 0.717) is 6.42 Å². The molecule has 0 saturated heterocycles. The summed E-state index contributed by atoms with van der Waals surface area (Å²) >= 11 is 1.56. The third kappa shape index (κ3) is 7.84. The minimum absolute atomic E-state index is 0. The minimum atomic E-state index is -0.171. The fourth-order valence-corrected chi connectivity index (χ4v) is 0.366. The molecule has 0 saturated carbocycles. The van der Waals surface area contributed by atoms with Crippen LogP contribution in [-0.4, -0.2) is 5.97 Å². The molecule has 0 radical (unpaired) electrons. The Kier molecular flexibility index (Phi) is 13.0. The van der Waals surface area contributed by atoms with Crippen molar-refractivity contribution in [2.45, 2.75) is 13.3 Å². The van der Waals surface area contributed by atoms with E-state index in [1.54, 1.807) is 29.9 Å². The second-order valence-electron chi connectivity index (χ2n) is 0.803. The maximum atomic E-state index is 9.95. The molecule has 0 rings (SSSR count). The van der Waals surface area contributed by atoms with Crippen molar-refractivity contribution < 1.29 is 60.7 Å². The molecule has 0 aliphatic heterocycles. The van der Waals surface area contributed by atoms with Crippen molar-refractivity contribution >= 4 is 29.0 Å². The van der Waals surface area contributed by atoms with E-state index in [1.165, 1.54) is 0 Å². The molecular formula is C3H6IKO2. The minimum Gasteiger partial charge on any atom is -1.00 e. The van der Waals surface area contributed by atoms with E-state index in [4.69, 9.17) is 0 Å². The fraction of sp³-hybridized carbons (Fsp3) is 0.667. The summed E-state index contributed by atoms with van der Waals surface area (Å²) in [6.45, 7) is 1.75. The van der Waals surface area contributed by atoms with Crippen molar-refractivity contribution in [1.29, 1.82) is 0 Å². The van der Waals surface area contributed by atoms with Crippen molar-refractivity contribution in [1.82, 2.24) is 0 Å². The van der Waals surface area contributed by atoms with Crippen LogP contribution in [0.1, 0.15) is 14.8 Å². The Bertz CT molecular complexity index is 55.2. The monoisotopic (exact) mass is 240 g/mol. The van der Waals surface area contributed by atoms with Crippen molar-refractivity contribution in [3.8, 4) is 0 Å². The predicted molar refractivity (Wildman–Crippen MR) is 31.5 cm³/mol. The second-order valence-corrected chi connectivity index (χ2v) is 1.24. The van der Waals surface area contributed by atoms with Crippen LogP contribution in [0, 0.1) is 0 Å². The summed E-state index contributed by atoms with van der Waals surface area (Å²) in [7, 11) is 0. The average molecular weight is 240 g/mol. The number of rotatable bonds is 1. The molecule has 7 heavy (non-hydrogen) atoms. The molecule has 0 bridgehead atoms. The Morgan fingerprint density at radius 2 is 2.43 bits per heavy atom. The van der Waals surface area contributed by atoms with Crippen molar-refractivity contribution in [3.63, 3.8) is 0 Å². The standard InChI is InChI=1S/C3H5IO2.K.H/c1-2-3(5)6-4;;/h2H2,1H3;;/q;+1;-1. The predicted octanol–water partition coefficient (Wildman–Crippen LogP) is -1.59. The van der Waals surface area contributed by atoms with E-state index in [0.717, 1.165) is 0 Å². The van der Waals surface area contributed by atoms with Gasteiger partial charge in [0, 0.05) is 6.42 Å². The van der Waals surface area contributed by atoms with Gasteiger partial charge in [0.15, 0.2) is 23.0 Å². The summed E-state index contributed by atoms with van der Waals surface area (Å²) in [4.78, 5) is 9.95. The SMILES string of the molecule is CCC(=O)OI.[H-].[K+]. The first-order chi connectivity index (χ1) is 2.81. The smallest absolute Gasteiger partial charge is 1.00 e. The normalized spacial score (nSPS) is 6.57. The summed E-state index contributed by atoms with van der Waals surface area (Å²) in [6.07, 6.45) is 0.461. The van der Waals surface area contributed by atoms with E-state index in [2.05, 4.69) is 3.07 Å². The first-order valence-corrected chi connectivity index (χ1v) is 2.50.